The Morgan fingerprint density at radius 3 is 2.58 bits per heavy atom. The van der Waals surface area contributed by atoms with Gasteiger partial charge >= 0.3 is 5.97 Å². The molecular weight excluding hydrogens is 341 g/mol. The number of hydrogen-bond acceptors (Lipinski definition) is 5. The number of rotatable bonds is 9. The highest BCUT2D eigenvalue weighted by atomic mass is 19.1. The zero-order valence-electron chi connectivity index (χ0n) is 14.7. The highest BCUT2D eigenvalue weighted by molar-refractivity contribution is 5.83. The maximum Gasteiger partial charge on any atom is 0.326 e. The van der Waals surface area contributed by atoms with E-state index in [1.54, 1.807) is 12.1 Å². The summed E-state index contributed by atoms with van der Waals surface area (Å²) in [5.74, 6) is -0.814. The number of aromatic nitrogens is 2. The molecule has 1 aromatic carbocycles. The van der Waals surface area contributed by atoms with Crippen LogP contribution in [0, 0.1) is 11.7 Å². The van der Waals surface area contributed by atoms with Crippen LogP contribution in [-0.4, -0.2) is 33.2 Å². The van der Waals surface area contributed by atoms with Crippen molar-refractivity contribution in [3.8, 4) is 11.4 Å². The van der Waals surface area contributed by atoms with Gasteiger partial charge in [0.25, 0.3) is 0 Å². The van der Waals surface area contributed by atoms with Crippen molar-refractivity contribution in [3.63, 3.8) is 0 Å². The Labute approximate surface area is 150 Å². The molecule has 0 saturated heterocycles. The van der Waals surface area contributed by atoms with Crippen LogP contribution < -0.4 is 5.32 Å². The molecule has 0 saturated carbocycles. The first kappa shape index (κ1) is 19.6. The van der Waals surface area contributed by atoms with Crippen LogP contribution in [-0.2, 0) is 16.0 Å². The molecule has 1 amide bonds. The van der Waals surface area contributed by atoms with Gasteiger partial charge in [0.2, 0.25) is 17.6 Å². The fourth-order valence-corrected chi connectivity index (χ4v) is 2.43. The van der Waals surface area contributed by atoms with Crippen LogP contribution in [0.25, 0.3) is 11.4 Å². The lowest BCUT2D eigenvalue weighted by atomic mass is 10.0. The van der Waals surface area contributed by atoms with Gasteiger partial charge in [-0.2, -0.15) is 4.98 Å². The van der Waals surface area contributed by atoms with Crippen molar-refractivity contribution in [2.75, 3.05) is 0 Å². The van der Waals surface area contributed by atoms with Crippen molar-refractivity contribution in [2.45, 2.75) is 45.6 Å². The Morgan fingerprint density at radius 1 is 1.27 bits per heavy atom. The Bertz CT molecular complexity index is 743. The second-order valence-electron chi connectivity index (χ2n) is 6.46. The number of halogens is 1. The smallest absolute Gasteiger partial charge is 0.326 e. The topological polar surface area (TPSA) is 105 Å². The molecule has 0 bridgehead atoms. The normalized spacial score (nSPS) is 12.2. The van der Waals surface area contributed by atoms with Gasteiger partial charge in [-0.3, -0.25) is 4.79 Å². The lowest BCUT2D eigenvalue weighted by Crippen LogP contribution is -2.41. The standard InChI is InChI=1S/C18H22FN3O4/c1-11(2)10-14(18(24)25)20-15(23)4-3-5-16-21-17(22-26-16)12-6-8-13(19)9-7-12/h6-9,11,14H,3-5,10H2,1-2H3,(H,20,23)(H,24,25). The Hall–Kier alpha value is -2.77. The quantitative estimate of drug-likeness (QED) is 0.710. The molecule has 0 aliphatic heterocycles. The summed E-state index contributed by atoms with van der Waals surface area (Å²) in [5.41, 5.74) is 0.636. The number of amides is 1. The highest BCUT2D eigenvalue weighted by Crippen LogP contribution is 2.17. The first-order chi connectivity index (χ1) is 12.3. The van der Waals surface area contributed by atoms with Crippen LogP contribution in [0.15, 0.2) is 28.8 Å². The second kappa shape index (κ2) is 9.07. The van der Waals surface area contributed by atoms with E-state index >= 15 is 0 Å². The molecule has 26 heavy (non-hydrogen) atoms. The molecule has 1 heterocycles. The van der Waals surface area contributed by atoms with E-state index in [0.717, 1.165) is 0 Å². The van der Waals surface area contributed by atoms with Crippen LogP contribution >= 0.6 is 0 Å². The number of carbonyl (C=O) groups is 2. The monoisotopic (exact) mass is 363 g/mol. The van der Waals surface area contributed by atoms with Gasteiger partial charge < -0.3 is 14.9 Å². The summed E-state index contributed by atoms with van der Waals surface area (Å²) in [7, 11) is 0. The maximum atomic E-state index is 12.9. The molecule has 0 spiro atoms. The number of nitrogens with one attached hydrogen (secondary N) is 1. The van der Waals surface area contributed by atoms with Gasteiger partial charge in [-0.1, -0.05) is 19.0 Å². The zero-order chi connectivity index (χ0) is 19.1. The van der Waals surface area contributed by atoms with Gasteiger partial charge in [0, 0.05) is 18.4 Å². The predicted molar refractivity (Wildman–Crippen MR) is 91.7 cm³/mol. The van der Waals surface area contributed by atoms with Crippen LogP contribution in [0.5, 0.6) is 0 Å². The first-order valence-electron chi connectivity index (χ1n) is 8.46. The van der Waals surface area contributed by atoms with E-state index in [0.29, 0.717) is 36.5 Å². The predicted octanol–water partition coefficient (Wildman–Crippen LogP) is 2.81. The van der Waals surface area contributed by atoms with Gasteiger partial charge in [-0.15, -0.1) is 0 Å². The maximum absolute atomic E-state index is 12.9. The SMILES string of the molecule is CC(C)CC(NC(=O)CCCc1nc(-c2ccc(F)cc2)no1)C(=O)O. The van der Waals surface area contributed by atoms with E-state index in [1.165, 1.54) is 12.1 Å². The van der Waals surface area contributed by atoms with Crippen molar-refractivity contribution >= 4 is 11.9 Å². The van der Waals surface area contributed by atoms with Gasteiger partial charge in [0.05, 0.1) is 0 Å². The summed E-state index contributed by atoms with van der Waals surface area (Å²) < 4.78 is 18.0. The average molecular weight is 363 g/mol. The lowest BCUT2D eigenvalue weighted by molar-refractivity contribution is -0.142. The number of nitrogens with zero attached hydrogens (tertiary/aromatic N) is 2. The summed E-state index contributed by atoms with van der Waals surface area (Å²) in [4.78, 5) is 27.3. The van der Waals surface area contributed by atoms with Crippen molar-refractivity contribution in [1.82, 2.24) is 15.5 Å². The summed E-state index contributed by atoms with van der Waals surface area (Å²) in [6.45, 7) is 3.80. The molecule has 8 heteroatoms. The summed E-state index contributed by atoms with van der Waals surface area (Å²) in [6, 6.07) is 4.85. The van der Waals surface area contributed by atoms with E-state index in [2.05, 4.69) is 15.5 Å². The van der Waals surface area contributed by atoms with Gasteiger partial charge in [0.1, 0.15) is 11.9 Å². The molecule has 1 atom stereocenters. The summed E-state index contributed by atoms with van der Waals surface area (Å²) in [5, 5.41) is 15.5. The molecule has 140 valence electrons. The van der Waals surface area contributed by atoms with Gasteiger partial charge in [-0.25, -0.2) is 9.18 Å². The summed E-state index contributed by atoms with van der Waals surface area (Å²) in [6.07, 6.45) is 1.39. The van der Waals surface area contributed by atoms with Crippen molar-refractivity contribution in [2.24, 2.45) is 5.92 Å². The minimum absolute atomic E-state index is 0.163. The van der Waals surface area contributed by atoms with E-state index < -0.39 is 12.0 Å². The van der Waals surface area contributed by atoms with Crippen molar-refractivity contribution in [3.05, 3.63) is 36.0 Å². The zero-order valence-corrected chi connectivity index (χ0v) is 14.7. The Morgan fingerprint density at radius 2 is 1.96 bits per heavy atom. The van der Waals surface area contributed by atoms with Crippen LogP contribution in [0.3, 0.4) is 0 Å². The van der Waals surface area contributed by atoms with E-state index in [4.69, 9.17) is 9.63 Å². The number of hydrogen-bond donors (Lipinski definition) is 2. The average Bonchev–Trinajstić information content (AvgIpc) is 3.03. The van der Waals surface area contributed by atoms with Crippen LogP contribution in [0.4, 0.5) is 4.39 Å². The fourth-order valence-electron chi connectivity index (χ4n) is 2.43. The highest BCUT2D eigenvalue weighted by Gasteiger charge is 2.20. The van der Waals surface area contributed by atoms with Crippen molar-refractivity contribution in [1.29, 1.82) is 0 Å². The molecule has 1 aromatic heterocycles. The number of carboxylic acid groups (broad SMARTS) is 1. The number of aliphatic carboxylic acids is 1. The minimum Gasteiger partial charge on any atom is -0.480 e. The molecule has 0 fully saturated rings. The van der Waals surface area contributed by atoms with E-state index in [1.807, 2.05) is 13.8 Å². The van der Waals surface area contributed by atoms with Gasteiger partial charge in [0.15, 0.2) is 0 Å². The number of carboxylic acids is 1. The van der Waals surface area contributed by atoms with Crippen LogP contribution in [0.2, 0.25) is 0 Å². The summed E-state index contributed by atoms with van der Waals surface area (Å²) >= 11 is 0. The second-order valence-corrected chi connectivity index (χ2v) is 6.46. The molecule has 0 aliphatic rings. The molecular formula is C18H22FN3O4. The Balaban J connectivity index is 1.81. The molecule has 2 aromatic rings. The largest absolute Gasteiger partial charge is 0.480 e. The fraction of sp³-hybridized carbons (Fsp3) is 0.444. The molecule has 1 unspecified atom stereocenters. The molecule has 2 N–H and O–H groups in total. The van der Waals surface area contributed by atoms with E-state index in [9.17, 15) is 14.0 Å². The third-order valence-corrected chi connectivity index (χ3v) is 3.71. The lowest BCUT2D eigenvalue weighted by Gasteiger charge is -2.16. The molecule has 7 nitrogen and oxygen atoms in total. The van der Waals surface area contributed by atoms with Crippen LogP contribution in [0.1, 0.15) is 39.0 Å². The number of carbonyl (C=O) groups excluding carboxylic acids is 1. The molecule has 0 aliphatic carbocycles. The number of benzene rings is 1. The van der Waals surface area contributed by atoms with Crippen molar-refractivity contribution < 1.29 is 23.6 Å². The molecule has 2 rings (SSSR count). The minimum atomic E-state index is -1.03. The Kier molecular flexibility index (Phi) is 6.82. The number of aryl methyl sites for hydroxylation is 1. The van der Waals surface area contributed by atoms with E-state index in [-0.39, 0.29) is 24.1 Å². The third kappa shape index (κ3) is 5.94. The van der Waals surface area contributed by atoms with Gasteiger partial charge in [-0.05, 0) is 43.0 Å². The molecule has 0 radical (unpaired) electrons. The first-order valence-corrected chi connectivity index (χ1v) is 8.46. The third-order valence-electron chi connectivity index (χ3n) is 3.71.